The number of nitrogens with zero attached hydrogens (tertiary/aromatic N) is 3. The van der Waals surface area contributed by atoms with Gasteiger partial charge in [-0.1, -0.05) is 54.6 Å². The molecular formula is C26H23FN4O2. The predicted octanol–water partition coefficient (Wildman–Crippen LogP) is 4.12. The van der Waals surface area contributed by atoms with Crippen molar-refractivity contribution in [3.05, 3.63) is 94.5 Å². The third-order valence-electron chi connectivity index (χ3n) is 5.86. The third-order valence-corrected chi connectivity index (χ3v) is 5.86. The fourth-order valence-corrected chi connectivity index (χ4v) is 4.17. The van der Waals surface area contributed by atoms with Crippen LogP contribution < -0.4 is 15.9 Å². The summed E-state index contributed by atoms with van der Waals surface area (Å²) in [4.78, 5) is 32.5. The van der Waals surface area contributed by atoms with Crippen molar-refractivity contribution in [1.29, 1.82) is 0 Å². The molecule has 3 aromatic carbocycles. The number of hydrogen-bond donors (Lipinski definition) is 1. The zero-order chi connectivity index (χ0) is 22.8. The summed E-state index contributed by atoms with van der Waals surface area (Å²) >= 11 is 0. The number of aromatic nitrogens is 2. The molecule has 0 bridgehead atoms. The maximum Gasteiger partial charge on any atom is 0.281 e. The number of amides is 1. The highest BCUT2D eigenvalue weighted by Gasteiger charge is 2.21. The van der Waals surface area contributed by atoms with E-state index in [4.69, 9.17) is 0 Å². The number of anilines is 1. The first-order valence-electron chi connectivity index (χ1n) is 11.0. The molecule has 33 heavy (non-hydrogen) atoms. The van der Waals surface area contributed by atoms with Gasteiger partial charge in [-0.25, -0.2) is 9.37 Å². The van der Waals surface area contributed by atoms with E-state index in [0.717, 1.165) is 42.6 Å². The number of fused-ring (bicyclic) bond motifs is 1. The largest absolute Gasteiger partial charge is 0.341 e. The van der Waals surface area contributed by atoms with E-state index < -0.39 is 11.4 Å². The van der Waals surface area contributed by atoms with E-state index >= 15 is 0 Å². The molecular weight excluding hydrogens is 419 g/mol. The topological polar surface area (TPSA) is 67.2 Å². The standard InChI is InChI=1S/C26H23FN4O2/c27-21-12-13-22-23(17-21)28-26(30-14-4-5-15-30)31(25(22)33)29-24(32)16-18-8-10-20(11-9-18)19-6-2-1-3-7-19/h1-3,6-13,17H,4-5,14-16H2,(H,29,32). The molecule has 0 unspecified atom stereocenters. The van der Waals surface area contributed by atoms with Gasteiger partial charge in [-0.3, -0.25) is 15.0 Å². The second-order valence-corrected chi connectivity index (χ2v) is 8.18. The smallest absolute Gasteiger partial charge is 0.281 e. The lowest BCUT2D eigenvalue weighted by atomic mass is 10.0. The molecule has 6 nitrogen and oxygen atoms in total. The van der Waals surface area contributed by atoms with Crippen LogP contribution in [0.15, 0.2) is 77.6 Å². The average Bonchev–Trinajstić information content (AvgIpc) is 3.36. The summed E-state index contributed by atoms with van der Waals surface area (Å²) in [5, 5.41) is 0.256. The van der Waals surface area contributed by atoms with Crippen molar-refractivity contribution in [1.82, 2.24) is 9.66 Å². The molecule has 1 aliphatic heterocycles. The Bertz CT molecular complexity index is 1360. The Morgan fingerprint density at radius 2 is 1.64 bits per heavy atom. The molecule has 1 N–H and O–H groups in total. The van der Waals surface area contributed by atoms with Crippen LogP contribution in [0.25, 0.3) is 22.0 Å². The van der Waals surface area contributed by atoms with Crippen LogP contribution in [0.1, 0.15) is 18.4 Å². The van der Waals surface area contributed by atoms with Crippen molar-refractivity contribution in [3.63, 3.8) is 0 Å². The second kappa shape index (κ2) is 8.86. The normalized spacial score (nSPS) is 13.4. The summed E-state index contributed by atoms with van der Waals surface area (Å²) in [6, 6.07) is 21.7. The van der Waals surface area contributed by atoms with Crippen molar-refractivity contribution < 1.29 is 9.18 Å². The zero-order valence-electron chi connectivity index (χ0n) is 18.0. The van der Waals surface area contributed by atoms with E-state index in [1.54, 1.807) is 0 Å². The fraction of sp³-hybridized carbons (Fsp3) is 0.192. The van der Waals surface area contributed by atoms with E-state index in [2.05, 4.69) is 10.4 Å². The molecule has 5 rings (SSSR count). The molecule has 0 spiro atoms. The Hall–Kier alpha value is -4.00. The summed E-state index contributed by atoms with van der Waals surface area (Å²) in [7, 11) is 0. The highest BCUT2D eigenvalue weighted by molar-refractivity contribution is 5.87. The summed E-state index contributed by atoms with van der Waals surface area (Å²) in [5.41, 5.74) is 5.59. The van der Waals surface area contributed by atoms with E-state index in [9.17, 15) is 14.0 Å². The van der Waals surface area contributed by atoms with E-state index in [1.165, 1.54) is 22.9 Å². The number of carbonyl (C=O) groups is 1. The molecule has 1 fully saturated rings. The summed E-state index contributed by atoms with van der Waals surface area (Å²) in [6.07, 6.45) is 2.06. The Balaban J connectivity index is 1.41. The Morgan fingerprint density at radius 3 is 2.36 bits per heavy atom. The van der Waals surface area contributed by atoms with Gasteiger partial charge in [0.05, 0.1) is 17.3 Å². The maximum atomic E-state index is 13.7. The SMILES string of the molecule is O=C(Cc1ccc(-c2ccccc2)cc1)Nn1c(N2CCCC2)nc2cc(F)ccc2c1=O. The number of carbonyl (C=O) groups excluding carboxylic acids is 1. The van der Waals surface area contributed by atoms with Crippen molar-refractivity contribution in [2.45, 2.75) is 19.3 Å². The molecule has 0 aliphatic carbocycles. The van der Waals surface area contributed by atoms with Gasteiger partial charge in [0.25, 0.3) is 5.56 Å². The van der Waals surface area contributed by atoms with Crippen LogP contribution in [0, 0.1) is 5.82 Å². The van der Waals surface area contributed by atoms with Gasteiger partial charge in [0, 0.05) is 19.2 Å². The minimum absolute atomic E-state index is 0.113. The molecule has 2 heterocycles. The summed E-state index contributed by atoms with van der Waals surface area (Å²) in [5.74, 6) is -0.445. The van der Waals surface area contributed by atoms with Crippen LogP contribution in [0.3, 0.4) is 0 Å². The Labute approximate surface area is 190 Å². The molecule has 0 radical (unpaired) electrons. The minimum Gasteiger partial charge on any atom is -0.341 e. The number of benzene rings is 3. The summed E-state index contributed by atoms with van der Waals surface area (Å²) < 4.78 is 14.9. The van der Waals surface area contributed by atoms with Crippen LogP contribution in [0.5, 0.6) is 0 Å². The van der Waals surface area contributed by atoms with E-state index in [0.29, 0.717) is 5.95 Å². The first kappa shape index (κ1) is 20.9. The minimum atomic E-state index is -0.456. The number of rotatable bonds is 5. The first-order chi connectivity index (χ1) is 16.1. The Morgan fingerprint density at radius 1 is 0.939 bits per heavy atom. The molecule has 1 aliphatic rings. The molecule has 1 amide bonds. The molecule has 0 atom stereocenters. The first-order valence-corrected chi connectivity index (χ1v) is 11.0. The van der Waals surface area contributed by atoms with Gasteiger partial charge in [0.2, 0.25) is 11.9 Å². The van der Waals surface area contributed by atoms with Crippen LogP contribution in [0.2, 0.25) is 0 Å². The van der Waals surface area contributed by atoms with Crippen LogP contribution >= 0.6 is 0 Å². The molecule has 166 valence electrons. The molecule has 0 saturated carbocycles. The lowest BCUT2D eigenvalue weighted by molar-refractivity contribution is -0.116. The fourth-order valence-electron chi connectivity index (χ4n) is 4.17. The molecule has 4 aromatic rings. The number of nitrogens with one attached hydrogen (secondary N) is 1. The van der Waals surface area contributed by atoms with Crippen LogP contribution in [-0.4, -0.2) is 28.7 Å². The highest BCUT2D eigenvalue weighted by Crippen LogP contribution is 2.21. The van der Waals surface area contributed by atoms with Gasteiger partial charge in [-0.2, -0.15) is 4.68 Å². The molecule has 1 saturated heterocycles. The van der Waals surface area contributed by atoms with Crippen LogP contribution in [-0.2, 0) is 11.2 Å². The second-order valence-electron chi connectivity index (χ2n) is 8.18. The third kappa shape index (κ3) is 4.35. The van der Waals surface area contributed by atoms with Crippen molar-refractivity contribution >= 4 is 22.8 Å². The lowest BCUT2D eigenvalue weighted by Gasteiger charge is -2.22. The average molecular weight is 442 g/mol. The monoisotopic (exact) mass is 442 g/mol. The van der Waals surface area contributed by atoms with Gasteiger partial charge in [0.15, 0.2) is 0 Å². The van der Waals surface area contributed by atoms with Gasteiger partial charge in [-0.15, -0.1) is 0 Å². The van der Waals surface area contributed by atoms with Gasteiger partial charge in [-0.05, 0) is 41.7 Å². The van der Waals surface area contributed by atoms with Crippen molar-refractivity contribution in [3.8, 4) is 11.1 Å². The quantitative estimate of drug-likeness (QED) is 0.505. The summed E-state index contributed by atoms with van der Waals surface area (Å²) in [6.45, 7) is 1.45. The maximum absolute atomic E-state index is 13.7. The van der Waals surface area contributed by atoms with Gasteiger partial charge in [0.1, 0.15) is 5.82 Å². The van der Waals surface area contributed by atoms with E-state index in [1.807, 2.05) is 59.5 Å². The zero-order valence-corrected chi connectivity index (χ0v) is 18.0. The highest BCUT2D eigenvalue weighted by atomic mass is 19.1. The number of halogens is 1. The van der Waals surface area contributed by atoms with Gasteiger partial charge >= 0.3 is 0 Å². The van der Waals surface area contributed by atoms with Crippen LogP contribution in [0.4, 0.5) is 10.3 Å². The van der Waals surface area contributed by atoms with Gasteiger partial charge < -0.3 is 4.90 Å². The Kier molecular flexibility index (Phi) is 5.60. The van der Waals surface area contributed by atoms with Crippen molar-refractivity contribution in [2.24, 2.45) is 0 Å². The van der Waals surface area contributed by atoms with E-state index in [-0.39, 0.29) is 23.2 Å². The molecule has 1 aromatic heterocycles. The lowest BCUT2D eigenvalue weighted by Crippen LogP contribution is -2.39. The van der Waals surface area contributed by atoms with Crippen molar-refractivity contribution in [2.75, 3.05) is 23.4 Å². The number of hydrogen-bond acceptors (Lipinski definition) is 4. The molecule has 7 heteroatoms. The predicted molar refractivity (Wildman–Crippen MR) is 127 cm³/mol.